The molecule has 4 aliphatic carbocycles. The molecule has 5 nitrogen and oxygen atoms in total. The number of carbonyl (C=O) groups is 2. The lowest BCUT2D eigenvalue weighted by Gasteiger charge is -2.61. The number of rotatable bonds is 2. The number of hydrogen-bond donors (Lipinski definition) is 2. The number of Topliss-reactive ketones (excluding diaryl/α,β-unsaturated/α-hetero) is 1. The van der Waals surface area contributed by atoms with Gasteiger partial charge in [-0.15, -0.1) is 0 Å². The molecule has 0 aromatic heterocycles. The summed E-state index contributed by atoms with van der Waals surface area (Å²) in [6.45, 7) is 7.38. The van der Waals surface area contributed by atoms with Crippen molar-refractivity contribution < 1.29 is 24.5 Å². The van der Waals surface area contributed by atoms with Crippen molar-refractivity contribution in [3.05, 3.63) is 0 Å². The van der Waals surface area contributed by atoms with Crippen LogP contribution in [0.5, 0.6) is 0 Å². The molecular formula is C23H36O5. The van der Waals surface area contributed by atoms with Gasteiger partial charge in [-0.3, -0.25) is 9.59 Å². The third-order valence-corrected chi connectivity index (χ3v) is 9.71. The van der Waals surface area contributed by atoms with Gasteiger partial charge in [0.15, 0.2) is 11.4 Å². The number of carbonyl (C=O) groups excluding carboxylic acids is 2. The largest absolute Gasteiger partial charge is 0.463 e. The van der Waals surface area contributed by atoms with E-state index in [1.807, 2.05) is 6.92 Å². The van der Waals surface area contributed by atoms with Crippen molar-refractivity contribution in [2.75, 3.05) is 0 Å². The fraction of sp³-hybridized carbons (Fsp3) is 0.913. The van der Waals surface area contributed by atoms with Crippen molar-refractivity contribution in [3.63, 3.8) is 0 Å². The summed E-state index contributed by atoms with van der Waals surface area (Å²) in [7, 11) is 0. The van der Waals surface area contributed by atoms with Crippen molar-refractivity contribution in [3.8, 4) is 0 Å². The number of esters is 1. The number of aliphatic hydroxyl groups excluding tert-OH is 1. The SMILES string of the molecule is CC(=O)O[C@H]1CC[C@@]2(C)[C@@H](CC[C@@H]3[C@@H]2CC[C@@]2(C)[C@H]3C[C@@H](O)[C@]2(O)C(C)=O)C1. The molecule has 0 bridgehead atoms. The molecule has 0 saturated heterocycles. The highest BCUT2D eigenvalue weighted by molar-refractivity contribution is 5.87. The Kier molecular flexibility index (Phi) is 4.74. The topological polar surface area (TPSA) is 83.8 Å². The van der Waals surface area contributed by atoms with E-state index in [1.165, 1.54) is 13.8 Å². The average Bonchev–Trinajstić information content (AvgIpc) is 2.83. The van der Waals surface area contributed by atoms with E-state index < -0.39 is 17.1 Å². The smallest absolute Gasteiger partial charge is 0.302 e. The molecule has 0 amide bonds. The fourth-order valence-corrected chi connectivity index (χ4v) is 8.22. The normalized spacial score (nSPS) is 52.9. The molecule has 4 rings (SSSR count). The fourth-order valence-electron chi connectivity index (χ4n) is 8.22. The first-order valence-corrected chi connectivity index (χ1v) is 11.1. The highest BCUT2D eigenvalue weighted by Gasteiger charge is 2.69. The van der Waals surface area contributed by atoms with E-state index in [2.05, 4.69) is 6.92 Å². The molecule has 28 heavy (non-hydrogen) atoms. The summed E-state index contributed by atoms with van der Waals surface area (Å²) in [5.74, 6) is 1.30. The molecule has 0 aliphatic heterocycles. The monoisotopic (exact) mass is 392 g/mol. The summed E-state index contributed by atoms with van der Waals surface area (Å²) in [6, 6.07) is 0. The quantitative estimate of drug-likeness (QED) is 0.705. The lowest BCUT2D eigenvalue weighted by atomic mass is 9.44. The van der Waals surface area contributed by atoms with Crippen molar-refractivity contribution in [1.29, 1.82) is 0 Å². The van der Waals surface area contributed by atoms with E-state index in [0.717, 1.165) is 44.9 Å². The third-order valence-electron chi connectivity index (χ3n) is 9.71. The van der Waals surface area contributed by atoms with Crippen LogP contribution >= 0.6 is 0 Å². The Labute approximate surface area is 168 Å². The first kappa shape index (κ1) is 20.3. The van der Waals surface area contributed by atoms with Crippen LogP contribution < -0.4 is 0 Å². The molecule has 4 aliphatic rings. The Balaban J connectivity index is 1.59. The molecule has 0 spiro atoms. The van der Waals surface area contributed by atoms with Gasteiger partial charge < -0.3 is 14.9 Å². The molecule has 0 heterocycles. The Morgan fingerprint density at radius 3 is 2.32 bits per heavy atom. The standard InChI is InChI=1S/C23H36O5/c1-13(24)23(27)20(26)12-19-17-6-5-15-11-16(28-14(2)25)7-9-21(15,3)18(17)8-10-22(19,23)4/h15-20,26-27H,5-12H2,1-4H3/t15-,16-,17+,18-,19-,20+,21-,22-,23+/m0/s1. The van der Waals surface area contributed by atoms with Gasteiger partial charge in [0.1, 0.15) is 6.10 Å². The summed E-state index contributed by atoms with van der Waals surface area (Å²) in [6.07, 6.45) is 6.58. The summed E-state index contributed by atoms with van der Waals surface area (Å²) in [5, 5.41) is 21.9. The minimum atomic E-state index is -1.60. The number of aliphatic hydroxyl groups is 2. The second-order valence-corrected chi connectivity index (χ2v) is 10.7. The van der Waals surface area contributed by atoms with Gasteiger partial charge in [-0.05, 0) is 87.4 Å². The molecule has 0 radical (unpaired) electrons. The maximum atomic E-state index is 12.4. The minimum absolute atomic E-state index is 0.0529. The van der Waals surface area contributed by atoms with Gasteiger partial charge in [-0.25, -0.2) is 0 Å². The molecule has 2 N–H and O–H groups in total. The van der Waals surface area contributed by atoms with Gasteiger partial charge in [0.2, 0.25) is 0 Å². The second kappa shape index (κ2) is 6.53. The van der Waals surface area contributed by atoms with Gasteiger partial charge in [-0.1, -0.05) is 13.8 Å². The number of fused-ring (bicyclic) bond motifs is 5. The number of ether oxygens (including phenoxy) is 1. The van der Waals surface area contributed by atoms with Crippen molar-refractivity contribution >= 4 is 11.8 Å². The Morgan fingerprint density at radius 1 is 0.964 bits per heavy atom. The molecule has 158 valence electrons. The Hall–Kier alpha value is -0.940. The zero-order valence-corrected chi connectivity index (χ0v) is 17.7. The van der Waals surface area contributed by atoms with Crippen LogP contribution in [0.4, 0.5) is 0 Å². The lowest BCUT2D eigenvalue weighted by molar-refractivity contribution is -0.183. The van der Waals surface area contributed by atoms with Crippen molar-refractivity contribution in [2.24, 2.45) is 34.5 Å². The van der Waals surface area contributed by atoms with E-state index >= 15 is 0 Å². The average molecular weight is 393 g/mol. The maximum absolute atomic E-state index is 12.4. The van der Waals surface area contributed by atoms with Crippen LogP contribution in [0, 0.1) is 34.5 Å². The summed E-state index contributed by atoms with van der Waals surface area (Å²) in [5.41, 5.74) is -1.91. The molecule has 0 aromatic carbocycles. The van der Waals surface area contributed by atoms with Crippen molar-refractivity contribution in [1.82, 2.24) is 0 Å². The summed E-state index contributed by atoms with van der Waals surface area (Å²) >= 11 is 0. The van der Waals surface area contributed by atoms with Crippen LogP contribution in [-0.2, 0) is 14.3 Å². The molecule has 0 aromatic rings. The predicted octanol–water partition coefficient (Wildman–Crippen LogP) is 3.25. The van der Waals surface area contributed by atoms with Gasteiger partial charge in [0.05, 0.1) is 6.10 Å². The van der Waals surface area contributed by atoms with Gasteiger partial charge in [0, 0.05) is 12.3 Å². The predicted molar refractivity (Wildman–Crippen MR) is 104 cm³/mol. The van der Waals surface area contributed by atoms with E-state index in [0.29, 0.717) is 24.2 Å². The van der Waals surface area contributed by atoms with E-state index in [9.17, 15) is 19.8 Å². The van der Waals surface area contributed by atoms with Gasteiger partial charge >= 0.3 is 5.97 Å². The van der Waals surface area contributed by atoms with E-state index in [-0.39, 0.29) is 29.2 Å². The third kappa shape index (κ3) is 2.57. The molecule has 9 atom stereocenters. The van der Waals surface area contributed by atoms with Crippen molar-refractivity contribution in [2.45, 2.75) is 96.9 Å². The minimum Gasteiger partial charge on any atom is -0.463 e. The summed E-state index contributed by atoms with van der Waals surface area (Å²) < 4.78 is 5.53. The van der Waals surface area contributed by atoms with E-state index in [1.54, 1.807) is 0 Å². The zero-order valence-electron chi connectivity index (χ0n) is 17.7. The maximum Gasteiger partial charge on any atom is 0.302 e. The molecule has 0 unspecified atom stereocenters. The first-order valence-electron chi connectivity index (χ1n) is 11.1. The second-order valence-electron chi connectivity index (χ2n) is 10.7. The highest BCUT2D eigenvalue weighted by Crippen LogP contribution is 2.68. The Morgan fingerprint density at radius 2 is 1.68 bits per heavy atom. The van der Waals surface area contributed by atoms with Crippen LogP contribution in [-0.4, -0.2) is 39.8 Å². The highest BCUT2D eigenvalue weighted by atomic mass is 16.5. The number of ketones is 1. The first-order chi connectivity index (χ1) is 13.0. The molecule has 4 saturated carbocycles. The number of hydrogen-bond acceptors (Lipinski definition) is 5. The van der Waals surface area contributed by atoms with Crippen LogP contribution in [0.3, 0.4) is 0 Å². The van der Waals surface area contributed by atoms with Crippen LogP contribution in [0.15, 0.2) is 0 Å². The zero-order chi connectivity index (χ0) is 20.5. The van der Waals surface area contributed by atoms with Gasteiger partial charge in [-0.2, -0.15) is 0 Å². The molecular weight excluding hydrogens is 356 g/mol. The Bertz CT molecular complexity index is 676. The molecule has 4 fully saturated rings. The van der Waals surface area contributed by atoms with Crippen LogP contribution in [0.25, 0.3) is 0 Å². The molecule has 5 heteroatoms. The van der Waals surface area contributed by atoms with E-state index in [4.69, 9.17) is 4.74 Å². The summed E-state index contributed by atoms with van der Waals surface area (Å²) in [4.78, 5) is 23.8. The van der Waals surface area contributed by atoms with Gasteiger partial charge in [0.25, 0.3) is 0 Å². The van der Waals surface area contributed by atoms with Crippen LogP contribution in [0.1, 0.15) is 79.1 Å². The lowest BCUT2D eigenvalue weighted by Crippen LogP contribution is -2.60. The van der Waals surface area contributed by atoms with Crippen LogP contribution in [0.2, 0.25) is 0 Å².